The predicted molar refractivity (Wildman–Crippen MR) is 70.5 cm³/mol. The van der Waals surface area contributed by atoms with Crippen molar-refractivity contribution in [3.63, 3.8) is 0 Å². The van der Waals surface area contributed by atoms with E-state index in [9.17, 15) is 0 Å². The third kappa shape index (κ3) is 5.05. The van der Waals surface area contributed by atoms with Crippen molar-refractivity contribution in [2.24, 2.45) is 5.92 Å². The second-order valence-electron chi connectivity index (χ2n) is 4.63. The number of hydrogen-bond donors (Lipinski definition) is 1. The Labute approximate surface area is 104 Å². The summed E-state index contributed by atoms with van der Waals surface area (Å²) >= 11 is 0. The van der Waals surface area contributed by atoms with E-state index >= 15 is 0 Å². The van der Waals surface area contributed by atoms with Crippen LogP contribution in [0, 0.1) is 5.92 Å². The van der Waals surface area contributed by atoms with E-state index in [4.69, 9.17) is 9.52 Å². The summed E-state index contributed by atoms with van der Waals surface area (Å²) < 4.78 is 4.73. The Bertz CT molecular complexity index is 370. The molecule has 94 valence electrons. The van der Waals surface area contributed by atoms with Crippen molar-refractivity contribution >= 4 is 0 Å². The number of aliphatic hydroxyl groups excluding tert-OH is 1. The zero-order valence-electron chi connectivity index (χ0n) is 10.9. The van der Waals surface area contributed by atoms with Gasteiger partial charge in [-0.15, -0.1) is 0 Å². The topological polar surface area (TPSA) is 33.4 Å². The van der Waals surface area contributed by atoms with E-state index in [2.05, 4.69) is 32.9 Å². The van der Waals surface area contributed by atoms with Crippen LogP contribution in [0.25, 0.3) is 0 Å². The molecule has 0 saturated heterocycles. The van der Waals surface area contributed by atoms with Crippen LogP contribution in [0.4, 0.5) is 0 Å². The summed E-state index contributed by atoms with van der Waals surface area (Å²) in [6.45, 7) is 6.72. The molecule has 0 unspecified atom stereocenters. The minimum Gasteiger partial charge on any atom is -0.467 e. The van der Waals surface area contributed by atoms with Crippen LogP contribution in [-0.4, -0.2) is 5.11 Å². The molecule has 0 bridgehead atoms. The molecule has 1 aliphatic carbocycles. The number of aliphatic hydroxyl groups is 1. The highest BCUT2D eigenvalue weighted by molar-refractivity contribution is 5.21. The third-order valence-electron chi connectivity index (χ3n) is 2.85. The molecule has 0 spiro atoms. The Hall–Kier alpha value is -1.28. The molecule has 2 nitrogen and oxygen atoms in total. The average Bonchev–Trinajstić information content (AvgIpc) is 2.83. The summed E-state index contributed by atoms with van der Waals surface area (Å²) in [6, 6.07) is 3.46. The minimum absolute atomic E-state index is 0.00694. The molecule has 1 N–H and O–H groups in total. The highest BCUT2D eigenvalue weighted by Crippen LogP contribution is 2.22. The second-order valence-corrected chi connectivity index (χ2v) is 4.63. The fraction of sp³-hybridized carbons (Fsp3) is 0.467. The van der Waals surface area contributed by atoms with E-state index in [1.807, 2.05) is 0 Å². The molecule has 0 aromatic carbocycles. The summed E-state index contributed by atoms with van der Waals surface area (Å²) in [5.41, 5.74) is 3.12. The summed E-state index contributed by atoms with van der Waals surface area (Å²) in [5.74, 6) is 1.35. The van der Waals surface area contributed by atoms with Crippen LogP contribution in [0.15, 0.2) is 46.1 Å². The first-order valence-electron chi connectivity index (χ1n) is 6.11. The maximum atomic E-state index is 8.33. The number of hydrogen-bond acceptors (Lipinski definition) is 2. The summed E-state index contributed by atoms with van der Waals surface area (Å²) in [4.78, 5) is 0. The van der Waals surface area contributed by atoms with E-state index in [-0.39, 0.29) is 6.61 Å². The van der Waals surface area contributed by atoms with Gasteiger partial charge >= 0.3 is 0 Å². The first-order valence-corrected chi connectivity index (χ1v) is 6.11. The molecule has 0 saturated carbocycles. The van der Waals surface area contributed by atoms with Gasteiger partial charge in [-0.25, -0.2) is 0 Å². The number of rotatable bonds is 2. The summed E-state index contributed by atoms with van der Waals surface area (Å²) in [7, 11) is 0. The van der Waals surface area contributed by atoms with Crippen LogP contribution >= 0.6 is 0 Å². The highest BCUT2D eigenvalue weighted by Gasteiger charge is 2.04. The van der Waals surface area contributed by atoms with E-state index in [1.54, 1.807) is 17.7 Å². The van der Waals surface area contributed by atoms with Crippen molar-refractivity contribution in [1.29, 1.82) is 0 Å². The Morgan fingerprint density at radius 2 is 2.06 bits per heavy atom. The van der Waals surface area contributed by atoms with Crippen molar-refractivity contribution < 1.29 is 9.52 Å². The van der Waals surface area contributed by atoms with Gasteiger partial charge in [0.1, 0.15) is 12.4 Å². The summed E-state index contributed by atoms with van der Waals surface area (Å²) in [5, 5.41) is 8.33. The zero-order valence-corrected chi connectivity index (χ0v) is 10.9. The Kier molecular flexibility index (Phi) is 5.78. The maximum absolute atomic E-state index is 8.33. The Morgan fingerprint density at radius 3 is 2.41 bits per heavy atom. The standard InChI is InChI=1S/C10H16.C5H6O2/c1-8(2)10-6-4-9(3)5-7-10;6-4-5-2-1-3-7-5/h4,7-8H,5-6H2,1-3H3;1-3,6H,4H2. The molecule has 1 heterocycles. The van der Waals surface area contributed by atoms with Crippen LogP contribution in [0.1, 0.15) is 39.4 Å². The van der Waals surface area contributed by atoms with Crippen LogP contribution in [0.3, 0.4) is 0 Å². The smallest absolute Gasteiger partial charge is 0.129 e. The number of furan rings is 1. The molecule has 0 aliphatic heterocycles. The molecule has 17 heavy (non-hydrogen) atoms. The van der Waals surface area contributed by atoms with E-state index in [0.717, 1.165) is 5.92 Å². The van der Waals surface area contributed by atoms with Gasteiger partial charge in [-0.3, -0.25) is 0 Å². The molecule has 0 fully saturated rings. The normalized spacial score (nSPS) is 14.9. The fourth-order valence-electron chi connectivity index (χ4n) is 1.62. The van der Waals surface area contributed by atoms with Crippen LogP contribution in [0.2, 0.25) is 0 Å². The van der Waals surface area contributed by atoms with Crippen molar-refractivity contribution in [3.05, 3.63) is 47.5 Å². The van der Waals surface area contributed by atoms with Gasteiger partial charge in [0.05, 0.1) is 6.26 Å². The van der Waals surface area contributed by atoms with Crippen LogP contribution in [0.5, 0.6) is 0 Å². The molecule has 2 rings (SSSR count). The fourth-order valence-corrected chi connectivity index (χ4v) is 1.62. The molecule has 2 heteroatoms. The first-order chi connectivity index (χ1) is 8.13. The maximum Gasteiger partial charge on any atom is 0.129 e. The van der Waals surface area contributed by atoms with E-state index in [1.165, 1.54) is 24.7 Å². The monoisotopic (exact) mass is 234 g/mol. The molecule has 1 aromatic rings. The molecule has 1 aromatic heterocycles. The lowest BCUT2D eigenvalue weighted by molar-refractivity contribution is 0.247. The summed E-state index contributed by atoms with van der Waals surface area (Å²) in [6.07, 6.45) is 8.61. The zero-order chi connectivity index (χ0) is 12.7. The lowest BCUT2D eigenvalue weighted by atomic mass is 9.93. The lowest BCUT2D eigenvalue weighted by Crippen LogP contribution is -1.96. The minimum atomic E-state index is -0.00694. The quantitative estimate of drug-likeness (QED) is 0.782. The molecule has 0 atom stereocenters. The van der Waals surface area contributed by atoms with Gasteiger partial charge in [-0.05, 0) is 37.8 Å². The van der Waals surface area contributed by atoms with Crippen LogP contribution in [-0.2, 0) is 6.61 Å². The van der Waals surface area contributed by atoms with Crippen molar-refractivity contribution in [2.45, 2.75) is 40.2 Å². The predicted octanol–water partition coefficient (Wildman–Crippen LogP) is 4.08. The first kappa shape index (κ1) is 13.8. The molecule has 0 amide bonds. The largest absolute Gasteiger partial charge is 0.467 e. The van der Waals surface area contributed by atoms with Gasteiger partial charge in [0.15, 0.2) is 0 Å². The lowest BCUT2D eigenvalue weighted by Gasteiger charge is -2.13. The Balaban J connectivity index is 0.000000181. The average molecular weight is 234 g/mol. The molecular weight excluding hydrogens is 212 g/mol. The Morgan fingerprint density at radius 1 is 1.29 bits per heavy atom. The molecule has 0 radical (unpaired) electrons. The van der Waals surface area contributed by atoms with Crippen LogP contribution < -0.4 is 0 Å². The van der Waals surface area contributed by atoms with Crippen molar-refractivity contribution in [1.82, 2.24) is 0 Å². The van der Waals surface area contributed by atoms with E-state index < -0.39 is 0 Å². The number of allylic oxidation sites excluding steroid dienone is 4. The van der Waals surface area contributed by atoms with E-state index in [0.29, 0.717) is 5.76 Å². The van der Waals surface area contributed by atoms with Gasteiger partial charge in [-0.1, -0.05) is 37.1 Å². The SMILES string of the molecule is CC1=CCC(C(C)C)=CC1.OCc1ccco1. The molecule has 1 aliphatic rings. The van der Waals surface area contributed by atoms with Crippen molar-refractivity contribution in [2.75, 3.05) is 0 Å². The van der Waals surface area contributed by atoms with Gasteiger partial charge < -0.3 is 9.52 Å². The highest BCUT2D eigenvalue weighted by atomic mass is 16.4. The molecular formula is C15H22O2. The van der Waals surface area contributed by atoms with Gasteiger partial charge in [0.25, 0.3) is 0 Å². The van der Waals surface area contributed by atoms with Gasteiger partial charge in [0, 0.05) is 0 Å². The third-order valence-corrected chi connectivity index (χ3v) is 2.85. The van der Waals surface area contributed by atoms with Gasteiger partial charge in [-0.2, -0.15) is 0 Å². The van der Waals surface area contributed by atoms with Crippen molar-refractivity contribution in [3.8, 4) is 0 Å². The second kappa shape index (κ2) is 7.13. The van der Waals surface area contributed by atoms with Gasteiger partial charge in [0.2, 0.25) is 0 Å².